The van der Waals surface area contributed by atoms with Crippen molar-refractivity contribution in [3.63, 3.8) is 0 Å². The summed E-state index contributed by atoms with van der Waals surface area (Å²) in [6, 6.07) is 22.2. The molecule has 0 heterocycles. The van der Waals surface area contributed by atoms with Gasteiger partial charge >= 0.3 is 0 Å². The van der Waals surface area contributed by atoms with Crippen molar-refractivity contribution in [3.05, 3.63) is 82.3 Å². The van der Waals surface area contributed by atoms with Crippen molar-refractivity contribution in [2.75, 3.05) is 0 Å². The zero-order valence-electron chi connectivity index (χ0n) is 14.6. The topological polar surface area (TPSA) is 17.1 Å². The number of rotatable bonds is 6. The van der Waals surface area contributed by atoms with Gasteiger partial charge in [-0.15, -0.1) is 0 Å². The average molecular weight is 383 g/mol. The van der Waals surface area contributed by atoms with E-state index in [1.165, 1.54) is 5.56 Å². The summed E-state index contributed by atoms with van der Waals surface area (Å²) in [6.45, 7) is 1.91. The molecule has 0 unspecified atom stereocenters. The van der Waals surface area contributed by atoms with Gasteiger partial charge in [0.1, 0.15) is 5.78 Å². The SMILES string of the molecule is CCC(=O)CCc1ccccc1-c1cccc(-c2cccc(Cl)c2Cl)c1. The van der Waals surface area contributed by atoms with E-state index in [0.717, 1.165) is 28.7 Å². The van der Waals surface area contributed by atoms with Crippen LogP contribution >= 0.6 is 23.2 Å². The lowest BCUT2D eigenvalue weighted by Crippen LogP contribution is -1.99. The summed E-state index contributed by atoms with van der Waals surface area (Å²) < 4.78 is 0. The van der Waals surface area contributed by atoms with Crippen LogP contribution in [-0.4, -0.2) is 5.78 Å². The van der Waals surface area contributed by atoms with Crippen molar-refractivity contribution < 1.29 is 4.79 Å². The molecule has 0 atom stereocenters. The van der Waals surface area contributed by atoms with E-state index < -0.39 is 0 Å². The highest BCUT2D eigenvalue weighted by Gasteiger charge is 2.10. The highest BCUT2D eigenvalue weighted by atomic mass is 35.5. The van der Waals surface area contributed by atoms with Gasteiger partial charge < -0.3 is 0 Å². The van der Waals surface area contributed by atoms with E-state index in [2.05, 4.69) is 24.3 Å². The fourth-order valence-electron chi connectivity index (χ4n) is 3.05. The van der Waals surface area contributed by atoms with Crippen molar-refractivity contribution in [2.45, 2.75) is 26.2 Å². The normalized spacial score (nSPS) is 10.7. The maximum atomic E-state index is 11.7. The van der Waals surface area contributed by atoms with Crippen LogP contribution in [0.1, 0.15) is 25.3 Å². The fraction of sp³-hybridized carbons (Fsp3) is 0.174. The molecule has 0 spiro atoms. The van der Waals surface area contributed by atoms with Gasteiger partial charge in [0.2, 0.25) is 0 Å². The maximum absolute atomic E-state index is 11.7. The van der Waals surface area contributed by atoms with E-state index >= 15 is 0 Å². The Morgan fingerprint density at radius 1 is 0.846 bits per heavy atom. The molecule has 0 N–H and O–H groups in total. The number of aryl methyl sites for hydroxylation is 1. The Morgan fingerprint density at radius 3 is 2.27 bits per heavy atom. The molecule has 0 fully saturated rings. The molecule has 0 aliphatic heterocycles. The van der Waals surface area contributed by atoms with Gasteiger partial charge in [-0.3, -0.25) is 4.79 Å². The Morgan fingerprint density at radius 2 is 1.50 bits per heavy atom. The zero-order chi connectivity index (χ0) is 18.5. The van der Waals surface area contributed by atoms with Crippen LogP contribution in [0.25, 0.3) is 22.3 Å². The first-order valence-electron chi connectivity index (χ1n) is 8.74. The van der Waals surface area contributed by atoms with Gasteiger partial charge in [-0.1, -0.05) is 84.7 Å². The Hall–Kier alpha value is -2.09. The van der Waals surface area contributed by atoms with E-state index in [4.69, 9.17) is 23.2 Å². The van der Waals surface area contributed by atoms with Gasteiger partial charge in [0, 0.05) is 18.4 Å². The van der Waals surface area contributed by atoms with Crippen LogP contribution in [0.2, 0.25) is 10.0 Å². The summed E-state index contributed by atoms with van der Waals surface area (Å²) in [5, 5.41) is 1.11. The molecule has 3 heteroatoms. The summed E-state index contributed by atoms with van der Waals surface area (Å²) in [5.41, 5.74) is 5.38. The van der Waals surface area contributed by atoms with Crippen LogP contribution in [-0.2, 0) is 11.2 Å². The molecule has 0 bridgehead atoms. The van der Waals surface area contributed by atoms with Crippen LogP contribution in [0.3, 0.4) is 0 Å². The van der Waals surface area contributed by atoms with E-state index in [0.29, 0.717) is 28.7 Å². The summed E-state index contributed by atoms with van der Waals surface area (Å²) in [7, 11) is 0. The third-order valence-corrected chi connectivity index (χ3v) is 5.34. The molecule has 0 amide bonds. The standard InChI is InChI=1S/C23H20Cl2O/c1-2-19(26)14-13-16-7-3-4-10-20(16)17-8-5-9-18(15-17)21-11-6-12-22(24)23(21)25/h3-12,15H,2,13-14H2,1H3. The van der Waals surface area contributed by atoms with Crippen LogP contribution in [0.4, 0.5) is 0 Å². The molecule has 0 aliphatic carbocycles. The molecular formula is C23H20Cl2O. The van der Waals surface area contributed by atoms with Crippen LogP contribution < -0.4 is 0 Å². The fourth-order valence-corrected chi connectivity index (χ4v) is 3.46. The third-order valence-electron chi connectivity index (χ3n) is 4.52. The maximum Gasteiger partial charge on any atom is 0.132 e. The minimum absolute atomic E-state index is 0.291. The molecule has 0 saturated heterocycles. The minimum atomic E-state index is 0.291. The lowest BCUT2D eigenvalue weighted by atomic mass is 9.93. The quantitative estimate of drug-likeness (QED) is 0.438. The number of hydrogen-bond acceptors (Lipinski definition) is 1. The summed E-state index contributed by atoms with van der Waals surface area (Å²) in [4.78, 5) is 11.7. The van der Waals surface area contributed by atoms with Gasteiger partial charge in [-0.25, -0.2) is 0 Å². The lowest BCUT2D eigenvalue weighted by Gasteiger charge is -2.12. The molecule has 26 heavy (non-hydrogen) atoms. The number of benzene rings is 3. The van der Waals surface area contributed by atoms with Gasteiger partial charge in [-0.2, -0.15) is 0 Å². The molecule has 3 aromatic rings. The lowest BCUT2D eigenvalue weighted by molar-refractivity contribution is -0.118. The first-order valence-corrected chi connectivity index (χ1v) is 9.50. The van der Waals surface area contributed by atoms with E-state index in [9.17, 15) is 4.79 Å². The first-order chi connectivity index (χ1) is 12.6. The second-order valence-electron chi connectivity index (χ2n) is 6.23. The predicted molar refractivity (Wildman–Crippen MR) is 111 cm³/mol. The Bertz CT molecular complexity index is 931. The van der Waals surface area contributed by atoms with Gasteiger partial charge in [-0.05, 0) is 40.8 Å². The Balaban J connectivity index is 1.99. The molecule has 132 valence electrons. The zero-order valence-corrected chi connectivity index (χ0v) is 16.1. The number of carbonyl (C=O) groups is 1. The van der Waals surface area contributed by atoms with Gasteiger partial charge in [0.15, 0.2) is 0 Å². The van der Waals surface area contributed by atoms with E-state index in [-0.39, 0.29) is 0 Å². The molecular weight excluding hydrogens is 363 g/mol. The number of ketones is 1. The van der Waals surface area contributed by atoms with Gasteiger partial charge in [0.05, 0.1) is 10.0 Å². The van der Waals surface area contributed by atoms with Crippen LogP contribution in [0.5, 0.6) is 0 Å². The molecule has 0 aliphatic rings. The van der Waals surface area contributed by atoms with Crippen molar-refractivity contribution in [2.24, 2.45) is 0 Å². The molecule has 0 saturated carbocycles. The smallest absolute Gasteiger partial charge is 0.132 e. The summed E-state index contributed by atoms with van der Waals surface area (Å²) >= 11 is 12.6. The number of Topliss-reactive ketones (excluding diaryl/α,β-unsaturated/α-hetero) is 1. The summed E-state index contributed by atoms with van der Waals surface area (Å²) in [5.74, 6) is 0.291. The highest BCUT2D eigenvalue weighted by Crippen LogP contribution is 2.35. The van der Waals surface area contributed by atoms with Crippen molar-refractivity contribution in [1.82, 2.24) is 0 Å². The number of hydrogen-bond donors (Lipinski definition) is 0. The van der Waals surface area contributed by atoms with Crippen LogP contribution in [0.15, 0.2) is 66.7 Å². The second-order valence-corrected chi connectivity index (χ2v) is 7.02. The highest BCUT2D eigenvalue weighted by molar-refractivity contribution is 6.43. The molecule has 3 rings (SSSR count). The van der Waals surface area contributed by atoms with Crippen LogP contribution in [0, 0.1) is 0 Å². The average Bonchev–Trinajstić information content (AvgIpc) is 2.68. The number of halogens is 2. The monoisotopic (exact) mass is 382 g/mol. The van der Waals surface area contributed by atoms with E-state index in [1.807, 2.05) is 43.3 Å². The minimum Gasteiger partial charge on any atom is -0.300 e. The second kappa shape index (κ2) is 8.53. The predicted octanol–water partition coefficient (Wildman–Crippen LogP) is 7.24. The number of carbonyl (C=O) groups excluding carboxylic acids is 1. The van der Waals surface area contributed by atoms with Gasteiger partial charge in [0.25, 0.3) is 0 Å². The van der Waals surface area contributed by atoms with Crippen molar-refractivity contribution in [3.8, 4) is 22.3 Å². The molecule has 0 aromatic heterocycles. The summed E-state index contributed by atoms with van der Waals surface area (Å²) in [6.07, 6.45) is 1.92. The van der Waals surface area contributed by atoms with Crippen molar-refractivity contribution >= 4 is 29.0 Å². The molecule has 1 nitrogen and oxygen atoms in total. The Kier molecular flexibility index (Phi) is 6.13. The third kappa shape index (κ3) is 4.17. The molecule has 0 radical (unpaired) electrons. The van der Waals surface area contributed by atoms with Crippen molar-refractivity contribution in [1.29, 1.82) is 0 Å². The largest absolute Gasteiger partial charge is 0.300 e. The first kappa shape index (κ1) is 18.7. The van der Waals surface area contributed by atoms with E-state index in [1.54, 1.807) is 6.07 Å². The Labute approximate surface area is 164 Å². The molecule has 3 aromatic carbocycles.